The van der Waals surface area contributed by atoms with E-state index in [1.165, 1.54) is 0 Å². The van der Waals surface area contributed by atoms with E-state index in [0.29, 0.717) is 0 Å². The number of aliphatic hydroxyl groups excluding tert-OH is 1. The summed E-state index contributed by atoms with van der Waals surface area (Å²) in [5.74, 6) is 8.54. The Morgan fingerprint density at radius 3 is 2.67 bits per heavy atom. The molecule has 0 spiro atoms. The molecule has 0 aliphatic carbocycles. The predicted octanol–water partition coefficient (Wildman–Crippen LogP) is 2.61. The van der Waals surface area contributed by atoms with Gasteiger partial charge in [0.05, 0.1) is 7.11 Å². The number of rotatable bonds is 8. The monoisotopic (exact) mass is 307 g/mol. The molecule has 1 rings (SSSR count). The first-order valence-corrected chi connectivity index (χ1v) is 8.47. The van der Waals surface area contributed by atoms with Gasteiger partial charge in [-0.05, 0) is 31.3 Å². The molecule has 1 aromatic rings. The lowest BCUT2D eigenvalue weighted by atomic mass is 10.1. The second-order valence-electron chi connectivity index (χ2n) is 4.57. The van der Waals surface area contributed by atoms with E-state index >= 15 is 0 Å². The Bertz CT molecular complexity index is 475. The van der Waals surface area contributed by atoms with E-state index in [0.717, 1.165) is 48.0 Å². The zero-order valence-corrected chi connectivity index (χ0v) is 14.0. The molecule has 0 bridgehead atoms. The van der Waals surface area contributed by atoms with E-state index in [1.54, 1.807) is 7.11 Å². The highest BCUT2D eigenvalue weighted by molar-refractivity contribution is 7.98. The van der Waals surface area contributed by atoms with Crippen molar-refractivity contribution in [2.45, 2.75) is 19.6 Å². The molecule has 0 atom stereocenters. The number of methoxy groups -OCH3 is 1. The molecular formula is C17H25NO2S. The maximum absolute atomic E-state index is 8.76. The molecule has 0 unspecified atom stereocenters. The molecule has 1 N–H and O–H groups in total. The van der Waals surface area contributed by atoms with Crippen LogP contribution >= 0.6 is 11.8 Å². The smallest absolute Gasteiger partial charge is 0.122 e. The molecule has 0 aliphatic rings. The zero-order chi connectivity index (χ0) is 15.5. The molecule has 3 nitrogen and oxygen atoms in total. The Hall–Kier alpha value is -1.15. The van der Waals surface area contributed by atoms with Crippen molar-refractivity contribution < 1.29 is 9.84 Å². The minimum atomic E-state index is -0.111. The first-order chi connectivity index (χ1) is 10.2. The van der Waals surface area contributed by atoms with Crippen LogP contribution in [0.5, 0.6) is 5.75 Å². The highest BCUT2D eigenvalue weighted by atomic mass is 32.2. The topological polar surface area (TPSA) is 32.7 Å². The molecule has 0 heterocycles. The van der Waals surface area contributed by atoms with Crippen LogP contribution in [0.1, 0.15) is 25.0 Å². The number of hydrogen-bond acceptors (Lipinski definition) is 4. The van der Waals surface area contributed by atoms with Gasteiger partial charge in [0.1, 0.15) is 12.4 Å². The predicted molar refractivity (Wildman–Crippen MR) is 90.9 cm³/mol. The molecule has 0 aromatic heterocycles. The maximum Gasteiger partial charge on any atom is 0.122 e. The fourth-order valence-electron chi connectivity index (χ4n) is 2.03. The normalized spacial score (nSPS) is 10.3. The Kier molecular flexibility index (Phi) is 9.00. The lowest BCUT2D eigenvalue weighted by Crippen LogP contribution is -2.25. The van der Waals surface area contributed by atoms with Crippen LogP contribution in [0, 0.1) is 11.8 Å². The summed E-state index contributed by atoms with van der Waals surface area (Å²) in [7, 11) is 1.69. The van der Waals surface area contributed by atoms with Gasteiger partial charge in [-0.2, -0.15) is 11.8 Å². The van der Waals surface area contributed by atoms with Crippen molar-refractivity contribution in [1.82, 2.24) is 4.90 Å². The third-order valence-electron chi connectivity index (χ3n) is 3.30. The second kappa shape index (κ2) is 10.6. The van der Waals surface area contributed by atoms with Gasteiger partial charge in [0.15, 0.2) is 0 Å². The van der Waals surface area contributed by atoms with E-state index in [2.05, 4.69) is 30.6 Å². The van der Waals surface area contributed by atoms with E-state index in [1.807, 2.05) is 30.0 Å². The molecule has 0 radical (unpaired) electrons. The van der Waals surface area contributed by atoms with Gasteiger partial charge in [0.2, 0.25) is 0 Å². The molecule has 1 aromatic carbocycles. The summed E-state index contributed by atoms with van der Waals surface area (Å²) in [4.78, 5) is 2.42. The molecule has 116 valence electrons. The lowest BCUT2D eigenvalue weighted by molar-refractivity contribution is 0.324. The first kappa shape index (κ1) is 17.9. The molecular weight excluding hydrogens is 282 g/mol. The molecule has 21 heavy (non-hydrogen) atoms. The summed E-state index contributed by atoms with van der Waals surface area (Å²) >= 11 is 1.91. The van der Waals surface area contributed by atoms with E-state index in [4.69, 9.17) is 9.84 Å². The molecule has 0 saturated heterocycles. The van der Waals surface area contributed by atoms with Crippen LogP contribution < -0.4 is 4.74 Å². The Morgan fingerprint density at radius 2 is 2.05 bits per heavy atom. The standard InChI is InChI=1S/C17H25NO2S/c1-4-18(5-2)10-12-21-14-16-13-15(7-6-11-19)8-9-17(16)20-3/h8-9,13,19H,4-5,10-12,14H2,1-3H3. The fourth-order valence-corrected chi connectivity index (χ4v) is 3.00. The molecule has 4 heteroatoms. The zero-order valence-electron chi connectivity index (χ0n) is 13.2. The highest BCUT2D eigenvalue weighted by Crippen LogP contribution is 2.24. The summed E-state index contributed by atoms with van der Waals surface area (Å²) in [6, 6.07) is 5.92. The first-order valence-electron chi connectivity index (χ1n) is 7.31. The van der Waals surface area contributed by atoms with Crippen LogP contribution in [-0.4, -0.2) is 49.1 Å². The summed E-state index contributed by atoms with van der Waals surface area (Å²) < 4.78 is 5.40. The Balaban J connectivity index is 2.59. The van der Waals surface area contributed by atoms with Crippen LogP contribution in [0.3, 0.4) is 0 Å². The van der Waals surface area contributed by atoms with E-state index in [9.17, 15) is 0 Å². The maximum atomic E-state index is 8.76. The largest absolute Gasteiger partial charge is 0.496 e. The highest BCUT2D eigenvalue weighted by Gasteiger charge is 2.05. The third kappa shape index (κ3) is 6.43. The minimum Gasteiger partial charge on any atom is -0.496 e. The van der Waals surface area contributed by atoms with E-state index < -0.39 is 0 Å². The molecule has 0 saturated carbocycles. The molecule has 0 amide bonds. The van der Waals surface area contributed by atoms with Crippen LogP contribution in [0.25, 0.3) is 0 Å². The van der Waals surface area contributed by atoms with Crippen LogP contribution in [0.15, 0.2) is 18.2 Å². The lowest BCUT2D eigenvalue weighted by Gasteiger charge is -2.17. The number of ether oxygens (including phenoxy) is 1. The minimum absolute atomic E-state index is 0.111. The molecule has 0 fully saturated rings. The van der Waals surface area contributed by atoms with Gasteiger partial charge in [-0.15, -0.1) is 0 Å². The van der Waals surface area contributed by atoms with Crippen molar-refractivity contribution in [3.05, 3.63) is 29.3 Å². The van der Waals surface area contributed by atoms with Crippen molar-refractivity contribution in [3.8, 4) is 17.6 Å². The van der Waals surface area contributed by atoms with Crippen molar-refractivity contribution >= 4 is 11.8 Å². The van der Waals surface area contributed by atoms with Crippen molar-refractivity contribution in [1.29, 1.82) is 0 Å². The third-order valence-corrected chi connectivity index (χ3v) is 4.28. The number of nitrogens with zero attached hydrogens (tertiary/aromatic N) is 1. The van der Waals surface area contributed by atoms with Gasteiger partial charge in [0.25, 0.3) is 0 Å². The van der Waals surface area contributed by atoms with Crippen molar-refractivity contribution in [3.63, 3.8) is 0 Å². The Labute approximate surface area is 132 Å². The SMILES string of the molecule is CCN(CC)CCSCc1cc(C#CCO)ccc1OC. The van der Waals surface area contributed by atoms with Gasteiger partial charge in [-0.1, -0.05) is 25.7 Å². The second-order valence-corrected chi connectivity index (χ2v) is 5.67. The van der Waals surface area contributed by atoms with Gasteiger partial charge >= 0.3 is 0 Å². The van der Waals surface area contributed by atoms with Crippen molar-refractivity contribution in [2.75, 3.05) is 39.1 Å². The average molecular weight is 307 g/mol. The van der Waals surface area contributed by atoms with Gasteiger partial charge in [-0.25, -0.2) is 0 Å². The van der Waals surface area contributed by atoms with E-state index in [-0.39, 0.29) is 6.61 Å². The average Bonchev–Trinajstić information content (AvgIpc) is 2.53. The number of thioether (sulfide) groups is 1. The summed E-state index contributed by atoms with van der Waals surface area (Å²) in [6.45, 7) is 7.60. The van der Waals surface area contributed by atoms with Gasteiger partial charge < -0.3 is 14.7 Å². The van der Waals surface area contributed by atoms with Crippen LogP contribution in [0.2, 0.25) is 0 Å². The van der Waals surface area contributed by atoms with Gasteiger partial charge in [0, 0.05) is 29.2 Å². The molecule has 0 aliphatic heterocycles. The fraction of sp³-hybridized carbons (Fsp3) is 0.529. The van der Waals surface area contributed by atoms with Gasteiger partial charge in [-0.3, -0.25) is 0 Å². The van der Waals surface area contributed by atoms with Crippen LogP contribution in [0.4, 0.5) is 0 Å². The quantitative estimate of drug-likeness (QED) is 0.591. The Morgan fingerprint density at radius 1 is 1.29 bits per heavy atom. The number of benzene rings is 1. The van der Waals surface area contributed by atoms with Crippen molar-refractivity contribution in [2.24, 2.45) is 0 Å². The summed E-state index contributed by atoms with van der Waals surface area (Å²) in [5.41, 5.74) is 2.08. The van der Waals surface area contributed by atoms with Crippen LogP contribution in [-0.2, 0) is 5.75 Å². The number of aliphatic hydroxyl groups is 1. The summed E-state index contributed by atoms with van der Waals surface area (Å²) in [5, 5.41) is 8.76. The summed E-state index contributed by atoms with van der Waals surface area (Å²) in [6.07, 6.45) is 0. The number of hydrogen-bond donors (Lipinski definition) is 1.